The second-order valence-electron chi connectivity index (χ2n) is 7.24. The minimum Gasteiger partial charge on any atom is -0.382 e. The van der Waals surface area contributed by atoms with Crippen LogP contribution in [0.1, 0.15) is 50.1 Å². The van der Waals surface area contributed by atoms with Crippen LogP contribution in [0.4, 0.5) is 5.82 Å². The molecule has 154 valence electrons. The van der Waals surface area contributed by atoms with Gasteiger partial charge in [0.05, 0.1) is 28.0 Å². The third kappa shape index (κ3) is 4.01. The molecule has 0 atom stereocenters. The molecule has 0 aliphatic heterocycles. The first kappa shape index (κ1) is 20.3. The fourth-order valence-corrected chi connectivity index (χ4v) is 5.32. The Hall–Kier alpha value is -2.03. The number of nitrogen functional groups attached to an aromatic ring is 1. The van der Waals surface area contributed by atoms with E-state index < -0.39 is 0 Å². The van der Waals surface area contributed by atoms with Gasteiger partial charge >= 0.3 is 0 Å². The number of unbranched alkanes of at least 4 members (excludes halogenated alkanes) is 1. The van der Waals surface area contributed by atoms with Crippen molar-refractivity contribution >= 4 is 49.7 Å². The van der Waals surface area contributed by atoms with Gasteiger partial charge in [-0.15, -0.1) is 22.7 Å². The lowest BCUT2D eigenvalue weighted by atomic mass is 10.2. The SMILES string of the molecule is CCCCc1nc2c(N)nc3ccsc3c2n1Cc1nc(CN(CC)CC)cs1. The maximum absolute atomic E-state index is 6.27. The van der Waals surface area contributed by atoms with E-state index in [2.05, 4.69) is 46.0 Å². The van der Waals surface area contributed by atoms with E-state index in [1.807, 2.05) is 6.07 Å². The molecule has 0 aliphatic carbocycles. The van der Waals surface area contributed by atoms with E-state index in [1.165, 1.54) is 0 Å². The molecule has 29 heavy (non-hydrogen) atoms. The molecule has 0 aromatic carbocycles. The molecular formula is C21H28N6S2. The number of aromatic nitrogens is 4. The summed E-state index contributed by atoms with van der Waals surface area (Å²) in [6.45, 7) is 10.3. The van der Waals surface area contributed by atoms with Crippen molar-refractivity contribution in [1.29, 1.82) is 0 Å². The molecule has 4 aromatic rings. The van der Waals surface area contributed by atoms with Crippen molar-refractivity contribution in [3.8, 4) is 0 Å². The Kier molecular flexibility index (Phi) is 6.12. The van der Waals surface area contributed by atoms with Gasteiger partial charge in [-0.25, -0.2) is 15.0 Å². The zero-order valence-electron chi connectivity index (χ0n) is 17.3. The van der Waals surface area contributed by atoms with Crippen LogP contribution in [0.3, 0.4) is 0 Å². The second kappa shape index (κ2) is 8.77. The van der Waals surface area contributed by atoms with Crippen LogP contribution < -0.4 is 5.73 Å². The average molecular weight is 429 g/mol. The molecule has 4 aromatic heterocycles. The van der Waals surface area contributed by atoms with Gasteiger partial charge in [-0.2, -0.15) is 0 Å². The first-order valence-electron chi connectivity index (χ1n) is 10.3. The van der Waals surface area contributed by atoms with Gasteiger partial charge in [0.1, 0.15) is 16.3 Å². The highest BCUT2D eigenvalue weighted by Gasteiger charge is 2.19. The number of imidazole rings is 1. The summed E-state index contributed by atoms with van der Waals surface area (Å²) in [6.07, 6.45) is 3.18. The molecular weight excluding hydrogens is 400 g/mol. The molecule has 6 nitrogen and oxygen atoms in total. The maximum atomic E-state index is 6.27. The molecule has 2 N–H and O–H groups in total. The number of aryl methyl sites for hydroxylation is 1. The van der Waals surface area contributed by atoms with Gasteiger partial charge in [0.2, 0.25) is 0 Å². The number of hydrogen-bond acceptors (Lipinski definition) is 7. The van der Waals surface area contributed by atoms with E-state index in [1.54, 1.807) is 22.7 Å². The third-order valence-electron chi connectivity index (χ3n) is 5.32. The van der Waals surface area contributed by atoms with E-state index in [-0.39, 0.29) is 0 Å². The van der Waals surface area contributed by atoms with Crippen molar-refractivity contribution in [3.63, 3.8) is 0 Å². The summed E-state index contributed by atoms with van der Waals surface area (Å²) < 4.78 is 3.48. The summed E-state index contributed by atoms with van der Waals surface area (Å²) in [5.74, 6) is 1.60. The van der Waals surface area contributed by atoms with E-state index in [9.17, 15) is 0 Å². The van der Waals surface area contributed by atoms with Crippen LogP contribution >= 0.6 is 22.7 Å². The van der Waals surface area contributed by atoms with Crippen LogP contribution in [0.2, 0.25) is 0 Å². The Morgan fingerprint density at radius 3 is 2.69 bits per heavy atom. The number of anilines is 1. The molecule has 0 fully saturated rings. The van der Waals surface area contributed by atoms with Crippen LogP contribution in [-0.4, -0.2) is 37.5 Å². The maximum Gasteiger partial charge on any atom is 0.152 e. The standard InChI is InChI=1S/C21H28N6S2/c1-4-7-8-16-25-18-19(20-15(9-10-28-20)24-21(18)22)27(16)12-17-23-14(13-29-17)11-26(5-2)6-3/h9-10,13H,4-8,11-12H2,1-3H3,(H2,22,24). The van der Waals surface area contributed by atoms with E-state index in [4.69, 9.17) is 15.7 Å². The van der Waals surface area contributed by atoms with Crippen molar-refractivity contribution in [1.82, 2.24) is 24.4 Å². The number of thiophene rings is 1. The highest BCUT2D eigenvalue weighted by molar-refractivity contribution is 7.18. The number of fused-ring (bicyclic) bond motifs is 3. The molecule has 4 heterocycles. The molecule has 8 heteroatoms. The number of nitrogens with two attached hydrogens (primary N) is 1. The van der Waals surface area contributed by atoms with E-state index in [0.29, 0.717) is 5.82 Å². The number of hydrogen-bond donors (Lipinski definition) is 1. The van der Waals surface area contributed by atoms with Gasteiger partial charge in [0.15, 0.2) is 5.82 Å². The largest absolute Gasteiger partial charge is 0.382 e. The van der Waals surface area contributed by atoms with Gasteiger partial charge in [-0.1, -0.05) is 27.2 Å². The molecule has 0 saturated carbocycles. The summed E-state index contributed by atoms with van der Waals surface area (Å²) in [5.41, 5.74) is 10.3. The molecule has 0 amide bonds. The van der Waals surface area contributed by atoms with Crippen LogP contribution in [0.15, 0.2) is 16.8 Å². The Morgan fingerprint density at radius 2 is 1.93 bits per heavy atom. The summed E-state index contributed by atoms with van der Waals surface area (Å²) in [7, 11) is 0. The molecule has 0 radical (unpaired) electrons. The normalized spacial score (nSPS) is 12.0. The van der Waals surface area contributed by atoms with Crippen LogP contribution in [-0.2, 0) is 19.5 Å². The second-order valence-corrected chi connectivity index (χ2v) is 9.10. The van der Waals surface area contributed by atoms with Crippen molar-refractivity contribution in [2.45, 2.75) is 53.1 Å². The van der Waals surface area contributed by atoms with Crippen LogP contribution in [0, 0.1) is 0 Å². The zero-order chi connectivity index (χ0) is 20.4. The van der Waals surface area contributed by atoms with Gasteiger partial charge in [-0.05, 0) is 31.0 Å². The number of nitrogens with zero attached hydrogens (tertiary/aromatic N) is 5. The summed E-state index contributed by atoms with van der Waals surface area (Å²) in [5, 5.41) is 5.38. The van der Waals surface area contributed by atoms with Gasteiger partial charge < -0.3 is 10.3 Å². The fourth-order valence-electron chi connectivity index (χ4n) is 3.66. The minimum absolute atomic E-state index is 0.517. The average Bonchev–Trinajstić information content (AvgIpc) is 3.44. The summed E-state index contributed by atoms with van der Waals surface area (Å²) in [4.78, 5) is 16.8. The Balaban J connectivity index is 1.75. The Labute approximate surface area is 179 Å². The summed E-state index contributed by atoms with van der Waals surface area (Å²) in [6, 6.07) is 2.03. The molecule has 0 spiro atoms. The van der Waals surface area contributed by atoms with Gasteiger partial charge in [0.25, 0.3) is 0 Å². The topological polar surface area (TPSA) is 72.9 Å². The Morgan fingerprint density at radius 1 is 1.10 bits per heavy atom. The lowest BCUT2D eigenvalue weighted by Gasteiger charge is -2.15. The smallest absolute Gasteiger partial charge is 0.152 e. The van der Waals surface area contributed by atoms with Crippen molar-refractivity contribution in [2.75, 3.05) is 18.8 Å². The van der Waals surface area contributed by atoms with E-state index >= 15 is 0 Å². The number of rotatable bonds is 9. The van der Waals surface area contributed by atoms with Crippen LogP contribution in [0.5, 0.6) is 0 Å². The quantitative estimate of drug-likeness (QED) is 0.410. The highest BCUT2D eigenvalue weighted by Crippen LogP contribution is 2.33. The molecule has 0 saturated heterocycles. The first-order valence-corrected chi connectivity index (χ1v) is 12.1. The number of thiazole rings is 1. The Bertz CT molecular complexity index is 1110. The first-order chi connectivity index (χ1) is 14.1. The lowest BCUT2D eigenvalue weighted by molar-refractivity contribution is 0.292. The van der Waals surface area contributed by atoms with Crippen molar-refractivity contribution < 1.29 is 0 Å². The molecule has 0 aliphatic rings. The van der Waals surface area contributed by atoms with Crippen molar-refractivity contribution in [3.05, 3.63) is 33.4 Å². The molecule has 4 rings (SSSR count). The third-order valence-corrected chi connectivity index (χ3v) is 7.11. The predicted octanol–water partition coefficient (Wildman–Crippen LogP) is 4.92. The van der Waals surface area contributed by atoms with Gasteiger partial charge in [-0.3, -0.25) is 4.90 Å². The summed E-state index contributed by atoms with van der Waals surface area (Å²) >= 11 is 3.44. The number of pyridine rings is 1. The zero-order valence-corrected chi connectivity index (χ0v) is 18.9. The fraction of sp³-hybridized carbons (Fsp3) is 0.476. The van der Waals surface area contributed by atoms with Crippen LogP contribution in [0.25, 0.3) is 21.3 Å². The molecule has 0 bridgehead atoms. The minimum atomic E-state index is 0.517. The lowest BCUT2D eigenvalue weighted by Crippen LogP contribution is -2.22. The molecule has 0 unspecified atom stereocenters. The monoisotopic (exact) mass is 428 g/mol. The highest BCUT2D eigenvalue weighted by atomic mass is 32.1. The van der Waals surface area contributed by atoms with Gasteiger partial charge in [0, 0.05) is 18.3 Å². The van der Waals surface area contributed by atoms with E-state index in [0.717, 1.165) is 83.2 Å². The van der Waals surface area contributed by atoms with Crippen molar-refractivity contribution in [2.24, 2.45) is 0 Å². The predicted molar refractivity (Wildman–Crippen MR) is 124 cm³/mol.